The van der Waals surface area contributed by atoms with Gasteiger partial charge in [-0.25, -0.2) is 4.98 Å². The number of nitrogens with zero attached hydrogens (tertiary/aromatic N) is 2. The minimum absolute atomic E-state index is 0.123. The van der Waals surface area contributed by atoms with E-state index in [0.29, 0.717) is 51.3 Å². The van der Waals surface area contributed by atoms with Gasteiger partial charge in [0.1, 0.15) is 0 Å². The van der Waals surface area contributed by atoms with Gasteiger partial charge >= 0.3 is 6.18 Å². The monoisotopic (exact) mass is 550 g/mol. The number of alkyl halides is 3. The molecule has 2 amide bonds. The van der Waals surface area contributed by atoms with Gasteiger partial charge in [-0.15, -0.1) is 0 Å². The van der Waals surface area contributed by atoms with Crippen molar-refractivity contribution in [3.8, 4) is 5.88 Å². The summed E-state index contributed by atoms with van der Waals surface area (Å²) in [5.74, 6) is -0.850. The van der Waals surface area contributed by atoms with Gasteiger partial charge in [-0.05, 0) is 56.9 Å². The minimum Gasteiger partial charge on any atom is -0.478 e. The number of aliphatic hydroxyl groups is 2. The Morgan fingerprint density at radius 2 is 1.92 bits per heavy atom. The van der Waals surface area contributed by atoms with Crippen LogP contribution in [0.25, 0.3) is 0 Å². The molecule has 1 aromatic carbocycles. The molecular formula is C27H33F3N4O5. The largest absolute Gasteiger partial charge is 0.478 e. The third-order valence-corrected chi connectivity index (χ3v) is 7.39. The van der Waals surface area contributed by atoms with Crippen LogP contribution in [-0.2, 0) is 16.6 Å². The molecule has 2 atom stereocenters. The Hall–Kier alpha value is -3.22. The third-order valence-electron chi connectivity index (χ3n) is 7.39. The molecule has 212 valence electrons. The predicted octanol–water partition coefficient (Wildman–Crippen LogP) is 2.22. The van der Waals surface area contributed by atoms with E-state index in [4.69, 9.17) is 4.74 Å². The second-order valence-electron chi connectivity index (χ2n) is 10.0. The van der Waals surface area contributed by atoms with Crippen molar-refractivity contribution in [2.45, 2.75) is 62.6 Å². The Morgan fingerprint density at radius 1 is 1.18 bits per heavy atom. The van der Waals surface area contributed by atoms with Crippen molar-refractivity contribution in [1.29, 1.82) is 0 Å². The molecule has 9 nitrogen and oxygen atoms in total. The van der Waals surface area contributed by atoms with Gasteiger partial charge in [0.15, 0.2) is 0 Å². The van der Waals surface area contributed by atoms with Gasteiger partial charge in [-0.1, -0.05) is 6.07 Å². The van der Waals surface area contributed by atoms with Gasteiger partial charge in [0, 0.05) is 42.5 Å². The summed E-state index contributed by atoms with van der Waals surface area (Å²) in [6.45, 7) is 2.70. The average Bonchev–Trinajstić information content (AvgIpc) is 3.27. The fourth-order valence-corrected chi connectivity index (χ4v) is 5.24. The molecule has 1 saturated heterocycles. The molecule has 0 bridgehead atoms. The highest BCUT2D eigenvalue weighted by molar-refractivity contribution is 5.96. The van der Waals surface area contributed by atoms with Crippen LogP contribution in [-0.4, -0.2) is 76.3 Å². The van der Waals surface area contributed by atoms with Gasteiger partial charge in [0.2, 0.25) is 11.8 Å². The predicted molar refractivity (Wildman–Crippen MR) is 135 cm³/mol. The molecule has 4 N–H and O–H groups in total. The summed E-state index contributed by atoms with van der Waals surface area (Å²) < 4.78 is 44.0. The molecule has 4 rings (SSSR count). The molecule has 1 aliphatic heterocycles. The normalized spacial score (nSPS) is 25.7. The molecule has 39 heavy (non-hydrogen) atoms. The first-order valence-electron chi connectivity index (χ1n) is 13.0. The van der Waals surface area contributed by atoms with Crippen LogP contribution in [0.5, 0.6) is 5.88 Å². The maximum Gasteiger partial charge on any atom is 0.416 e. The molecule has 1 aromatic heterocycles. The lowest BCUT2D eigenvalue weighted by molar-refractivity contribution is -0.137. The van der Waals surface area contributed by atoms with E-state index in [9.17, 15) is 33.0 Å². The van der Waals surface area contributed by atoms with Gasteiger partial charge in [-0.2, -0.15) is 13.2 Å². The maximum absolute atomic E-state index is 12.9. The molecule has 2 heterocycles. The lowest BCUT2D eigenvalue weighted by atomic mass is 9.78. The lowest BCUT2D eigenvalue weighted by Gasteiger charge is -2.39. The van der Waals surface area contributed by atoms with E-state index < -0.39 is 47.8 Å². The number of aliphatic hydroxyl groups excluding tert-OH is 1. The summed E-state index contributed by atoms with van der Waals surface area (Å²) in [5.41, 5.74) is -1.41. The van der Waals surface area contributed by atoms with Crippen LogP contribution in [0.4, 0.5) is 13.2 Å². The summed E-state index contributed by atoms with van der Waals surface area (Å²) in [7, 11) is 0. The SMILES string of the molecule is CCOc1ccc(C2(O)CCC(N3C[C@@H](O)[C@@H](NC(=O)CNC(=O)c4cccc(C(F)(F)F)c4)C3)CC2)cn1. The molecule has 2 fully saturated rings. The number of carbonyl (C=O) groups excluding carboxylic acids is 2. The van der Waals surface area contributed by atoms with Crippen molar-refractivity contribution in [2.24, 2.45) is 0 Å². The number of likely N-dealkylation sites (tertiary alicyclic amines) is 1. The van der Waals surface area contributed by atoms with Crippen LogP contribution in [0.1, 0.15) is 54.1 Å². The van der Waals surface area contributed by atoms with Crippen molar-refractivity contribution in [3.05, 3.63) is 59.3 Å². The first-order chi connectivity index (χ1) is 18.5. The number of benzene rings is 1. The number of pyridine rings is 1. The highest BCUT2D eigenvalue weighted by Crippen LogP contribution is 2.39. The molecule has 0 unspecified atom stereocenters. The van der Waals surface area contributed by atoms with E-state index >= 15 is 0 Å². The fraction of sp³-hybridized carbons (Fsp3) is 0.519. The van der Waals surface area contributed by atoms with Crippen molar-refractivity contribution in [3.63, 3.8) is 0 Å². The topological polar surface area (TPSA) is 124 Å². The zero-order valence-electron chi connectivity index (χ0n) is 21.6. The molecule has 2 aliphatic rings. The number of halogens is 3. The van der Waals surface area contributed by atoms with E-state index in [2.05, 4.69) is 20.5 Å². The first kappa shape index (κ1) is 28.8. The highest BCUT2D eigenvalue weighted by Gasteiger charge is 2.41. The number of hydrogen-bond acceptors (Lipinski definition) is 7. The van der Waals surface area contributed by atoms with Crippen LogP contribution in [0, 0.1) is 0 Å². The zero-order valence-corrected chi connectivity index (χ0v) is 21.6. The molecule has 12 heteroatoms. The summed E-state index contributed by atoms with van der Waals surface area (Å²) >= 11 is 0. The number of amides is 2. The lowest BCUT2D eigenvalue weighted by Crippen LogP contribution is -2.47. The third kappa shape index (κ3) is 7.06. The zero-order chi connectivity index (χ0) is 28.2. The quantitative estimate of drug-likeness (QED) is 0.398. The van der Waals surface area contributed by atoms with Crippen LogP contribution in [0.2, 0.25) is 0 Å². The number of carbonyl (C=O) groups is 2. The van der Waals surface area contributed by atoms with E-state index in [1.807, 2.05) is 13.0 Å². The second kappa shape index (κ2) is 11.9. The van der Waals surface area contributed by atoms with Gasteiger partial charge < -0.3 is 25.6 Å². The highest BCUT2D eigenvalue weighted by atomic mass is 19.4. The number of aromatic nitrogens is 1. The maximum atomic E-state index is 12.9. The van der Waals surface area contributed by atoms with Crippen molar-refractivity contribution in [2.75, 3.05) is 26.2 Å². The van der Waals surface area contributed by atoms with Gasteiger partial charge in [0.25, 0.3) is 5.91 Å². The second-order valence-corrected chi connectivity index (χ2v) is 10.0. The van der Waals surface area contributed by atoms with E-state index in [-0.39, 0.29) is 11.6 Å². The van der Waals surface area contributed by atoms with Crippen LogP contribution >= 0.6 is 0 Å². The summed E-state index contributed by atoms with van der Waals surface area (Å²) in [6.07, 6.45) is -1.31. The molecule has 1 saturated carbocycles. The van der Waals surface area contributed by atoms with E-state index in [1.165, 1.54) is 6.07 Å². The molecule has 0 spiro atoms. The first-order valence-corrected chi connectivity index (χ1v) is 13.0. The van der Waals surface area contributed by atoms with E-state index in [0.717, 1.165) is 23.8 Å². The minimum atomic E-state index is -4.58. The summed E-state index contributed by atoms with van der Waals surface area (Å²) in [5, 5.41) is 26.7. The fourth-order valence-electron chi connectivity index (χ4n) is 5.24. The summed E-state index contributed by atoms with van der Waals surface area (Å²) in [4.78, 5) is 31.0. The summed E-state index contributed by atoms with van der Waals surface area (Å²) in [6, 6.07) is 7.09. The molecule has 0 radical (unpaired) electrons. The van der Waals surface area contributed by atoms with Crippen LogP contribution in [0.3, 0.4) is 0 Å². The number of ether oxygens (including phenoxy) is 1. The Balaban J connectivity index is 1.24. The number of hydrogen-bond donors (Lipinski definition) is 4. The van der Waals surface area contributed by atoms with Crippen LogP contribution < -0.4 is 15.4 Å². The van der Waals surface area contributed by atoms with Crippen molar-refractivity contribution in [1.82, 2.24) is 20.5 Å². The van der Waals surface area contributed by atoms with E-state index in [1.54, 1.807) is 12.3 Å². The van der Waals surface area contributed by atoms with Crippen molar-refractivity contribution >= 4 is 11.8 Å². The number of rotatable bonds is 8. The molecule has 1 aliphatic carbocycles. The van der Waals surface area contributed by atoms with Gasteiger partial charge in [-0.3, -0.25) is 14.5 Å². The number of nitrogens with one attached hydrogen (secondary N) is 2. The average molecular weight is 551 g/mol. The Labute approximate surface area is 224 Å². The molecule has 2 aromatic rings. The van der Waals surface area contributed by atoms with Gasteiger partial charge in [0.05, 0.1) is 36.5 Å². The Bertz CT molecular complexity index is 1150. The Morgan fingerprint density at radius 3 is 2.56 bits per heavy atom. The standard InChI is InChI=1S/C27H33F3N4O5/c1-2-39-24-7-6-19(13-31-24)26(38)10-8-20(9-11-26)34-15-21(22(35)16-34)33-23(36)14-32-25(37)17-4-3-5-18(12-17)27(28,29)30/h3-7,12-13,20-22,35,38H,2,8-11,14-16H2,1H3,(H,32,37)(H,33,36)/t20?,21-,22+,26?/m0/s1. The van der Waals surface area contributed by atoms with Crippen molar-refractivity contribution < 1.29 is 37.7 Å². The molecular weight excluding hydrogens is 517 g/mol. The number of β-amino-alcohol motifs (C(OH)–C–C–N with tert-alkyl or cyclic N) is 1. The smallest absolute Gasteiger partial charge is 0.416 e. The van der Waals surface area contributed by atoms with Crippen LogP contribution in [0.15, 0.2) is 42.6 Å². The Kier molecular flexibility index (Phi) is 8.77.